The highest BCUT2D eigenvalue weighted by molar-refractivity contribution is 7.12. The number of amides is 2. The smallest absolute Gasteiger partial charge is 0.266 e. The summed E-state index contributed by atoms with van der Waals surface area (Å²) < 4.78 is 0. The number of imide groups is 1. The van der Waals surface area contributed by atoms with Crippen LogP contribution in [-0.2, 0) is 9.59 Å². The van der Waals surface area contributed by atoms with Crippen molar-refractivity contribution in [3.05, 3.63) is 66.0 Å². The van der Waals surface area contributed by atoms with Crippen LogP contribution >= 0.6 is 22.7 Å². The number of carbonyl (C=O) groups excluding carboxylic acids is 2. The van der Waals surface area contributed by atoms with Crippen molar-refractivity contribution in [2.24, 2.45) is 0 Å². The van der Waals surface area contributed by atoms with E-state index in [1.807, 2.05) is 41.5 Å². The number of hydrogen-bond donors (Lipinski definition) is 1. The number of carbonyl (C=O) groups is 2. The fraction of sp³-hybridized carbons (Fsp3) is 0.250. The van der Waals surface area contributed by atoms with E-state index < -0.39 is 0 Å². The Morgan fingerprint density at radius 1 is 0.733 bits per heavy atom. The third-order valence-electron chi connectivity index (χ3n) is 5.79. The number of rotatable bonds is 3. The molecule has 6 heteroatoms. The molecule has 0 saturated carbocycles. The maximum atomic E-state index is 13.7. The molecule has 0 fully saturated rings. The summed E-state index contributed by atoms with van der Waals surface area (Å²) in [5.41, 5.74) is 5.09. The second-order valence-corrected chi connectivity index (χ2v) is 10.5. The molecule has 2 amide bonds. The molecular weight excluding hydrogens is 414 g/mol. The van der Waals surface area contributed by atoms with Crippen LogP contribution in [0.3, 0.4) is 0 Å². The van der Waals surface area contributed by atoms with Crippen molar-refractivity contribution < 1.29 is 14.7 Å². The van der Waals surface area contributed by atoms with E-state index in [1.165, 1.54) is 17.0 Å². The maximum absolute atomic E-state index is 13.7. The normalized spacial score (nSPS) is 14.4. The summed E-state index contributed by atoms with van der Waals surface area (Å²) >= 11 is 3.29. The van der Waals surface area contributed by atoms with Gasteiger partial charge in [0.25, 0.3) is 11.8 Å². The number of benzene rings is 1. The van der Waals surface area contributed by atoms with E-state index in [0.29, 0.717) is 16.8 Å². The van der Waals surface area contributed by atoms with Crippen molar-refractivity contribution in [1.82, 2.24) is 0 Å². The zero-order valence-corrected chi connectivity index (χ0v) is 19.5. The Balaban J connectivity index is 2.05. The highest BCUT2D eigenvalue weighted by Gasteiger charge is 2.43. The number of aromatic hydroxyl groups is 1. The fourth-order valence-electron chi connectivity index (χ4n) is 4.18. The molecule has 0 spiro atoms. The largest absolute Gasteiger partial charge is 0.508 e. The van der Waals surface area contributed by atoms with Gasteiger partial charge in [0.2, 0.25) is 0 Å². The number of aryl methyl sites for hydroxylation is 4. The summed E-state index contributed by atoms with van der Waals surface area (Å²) in [6.45, 7) is 12.1. The average Bonchev–Trinajstić information content (AvgIpc) is 3.17. The molecule has 0 bridgehead atoms. The number of thiophene rings is 2. The van der Waals surface area contributed by atoms with E-state index in [2.05, 4.69) is 0 Å². The molecular formula is C24H23NO3S2. The van der Waals surface area contributed by atoms with Crippen LogP contribution in [0.1, 0.15) is 41.8 Å². The first kappa shape index (κ1) is 20.6. The van der Waals surface area contributed by atoms with E-state index in [0.717, 1.165) is 41.8 Å². The van der Waals surface area contributed by atoms with Gasteiger partial charge in [-0.15, -0.1) is 22.7 Å². The standard InChI is InChI=1S/C24H23NO3S2/c1-11-13(3)29-15(5)19(11)21-22(20-12(2)14(4)30-16(20)6)24(28)25(23(21)27)17-8-7-9-18(26)10-17/h7-10,26H,1-6H3. The van der Waals surface area contributed by atoms with Crippen LogP contribution in [0.5, 0.6) is 5.75 Å². The van der Waals surface area contributed by atoms with E-state index >= 15 is 0 Å². The van der Waals surface area contributed by atoms with Gasteiger partial charge in [0, 0.05) is 36.7 Å². The third kappa shape index (κ3) is 2.94. The molecule has 1 N–H and O–H groups in total. The fourth-order valence-corrected chi connectivity index (χ4v) is 6.33. The molecule has 2 aromatic heterocycles. The Morgan fingerprint density at radius 3 is 1.57 bits per heavy atom. The Hall–Kier alpha value is -2.70. The molecule has 0 unspecified atom stereocenters. The van der Waals surface area contributed by atoms with E-state index in [4.69, 9.17) is 0 Å². The summed E-state index contributed by atoms with van der Waals surface area (Å²) in [6, 6.07) is 6.29. The lowest BCUT2D eigenvalue weighted by Gasteiger charge is -2.15. The van der Waals surface area contributed by atoms with Crippen LogP contribution in [0, 0.1) is 41.5 Å². The number of anilines is 1. The van der Waals surface area contributed by atoms with Crippen LogP contribution in [0.25, 0.3) is 11.1 Å². The molecule has 3 heterocycles. The number of phenolic OH excluding ortho intramolecular Hbond substituents is 1. The molecule has 0 atom stereocenters. The van der Waals surface area contributed by atoms with Crippen LogP contribution in [0.15, 0.2) is 24.3 Å². The predicted molar refractivity (Wildman–Crippen MR) is 124 cm³/mol. The van der Waals surface area contributed by atoms with Crippen molar-refractivity contribution in [2.45, 2.75) is 41.5 Å². The van der Waals surface area contributed by atoms with Crippen molar-refractivity contribution in [1.29, 1.82) is 0 Å². The van der Waals surface area contributed by atoms with Gasteiger partial charge in [-0.1, -0.05) is 6.07 Å². The van der Waals surface area contributed by atoms with Gasteiger partial charge >= 0.3 is 0 Å². The third-order valence-corrected chi connectivity index (χ3v) is 8.04. The average molecular weight is 438 g/mol. The molecule has 1 aliphatic rings. The first-order chi connectivity index (χ1) is 14.1. The predicted octanol–water partition coefficient (Wildman–Crippen LogP) is 5.85. The highest BCUT2D eigenvalue weighted by atomic mass is 32.1. The second-order valence-electron chi connectivity index (χ2n) is 7.64. The molecule has 4 rings (SSSR count). The number of hydrogen-bond acceptors (Lipinski definition) is 5. The second kappa shape index (κ2) is 7.22. The Kier molecular flexibility index (Phi) is 4.95. The molecule has 1 aliphatic heterocycles. The lowest BCUT2D eigenvalue weighted by Crippen LogP contribution is -2.31. The zero-order chi connectivity index (χ0) is 21.9. The monoisotopic (exact) mass is 437 g/mol. The number of nitrogens with zero attached hydrogens (tertiary/aromatic N) is 1. The van der Waals surface area contributed by atoms with Crippen LogP contribution < -0.4 is 4.90 Å². The topological polar surface area (TPSA) is 57.6 Å². The van der Waals surface area contributed by atoms with E-state index in [9.17, 15) is 14.7 Å². The minimum Gasteiger partial charge on any atom is -0.508 e. The van der Waals surface area contributed by atoms with Gasteiger partial charge in [0.05, 0.1) is 16.8 Å². The van der Waals surface area contributed by atoms with E-state index in [-0.39, 0.29) is 17.6 Å². The van der Waals surface area contributed by atoms with Crippen LogP contribution in [0.4, 0.5) is 5.69 Å². The van der Waals surface area contributed by atoms with Gasteiger partial charge in [0.15, 0.2) is 0 Å². The molecule has 3 aromatic rings. The molecule has 0 aliphatic carbocycles. The quantitative estimate of drug-likeness (QED) is 0.523. The van der Waals surface area contributed by atoms with Crippen LogP contribution in [0.2, 0.25) is 0 Å². The molecule has 0 saturated heterocycles. The molecule has 4 nitrogen and oxygen atoms in total. The van der Waals surface area contributed by atoms with Gasteiger partial charge in [-0.25, -0.2) is 4.90 Å². The van der Waals surface area contributed by atoms with Crippen molar-refractivity contribution >= 4 is 51.3 Å². The molecule has 154 valence electrons. The van der Waals surface area contributed by atoms with Crippen molar-refractivity contribution in [3.8, 4) is 5.75 Å². The van der Waals surface area contributed by atoms with Gasteiger partial charge in [-0.3, -0.25) is 9.59 Å². The molecule has 30 heavy (non-hydrogen) atoms. The first-order valence-electron chi connectivity index (χ1n) is 9.69. The van der Waals surface area contributed by atoms with Gasteiger partial charge in [-0.05, 0) is 64.8 Å². The summed E-state index contributed by atoms with van der Waals surface area (Å²) in [7, 11) is 0. The highest BCUT2D eigenvalue weighted by Crippen LogP contribution is 2.46. The first-order valence-corrected chi connectivity index (χ1v) is 11.3. The minimum absolute atomic E-state index is 0.0144. The summed E-state index contributed by atoms with van der Waals surface area (Å²) in [5.74, 6) is -0.667. The van der Waals surface area contributed by atoms with Crippen molar-refractivity contribution in [2.75, 3.05) is 4.90 Å². The summed E-state index contributed by atoms with van der Waals surface area (Å²) in [6.07, 6.45) is 0. The van der Waals surface area contributed by atoms with Gasteiger partial charge in [0.1, 0.15) is 5.75 Å². The Labute approximate surface area is 184 Å². The van der Waals surface area contributed by atoms with Crippen LogP contribution in [-0.4, -0.2) is 16.9 Å². The lowest BCUT2D eigenvalue weighted by molar-refractivity contribution is -0.119. The van der Waals surface area contributed by atoms with Gasteiger partial charge in [-0.2, -0.15) is 0 Å². The SMILES string of the molecule is Cc1sc(C)c(C2=C(c3c(C)sc(C)c3C)C(=O)N(c3cccc(O)c3)C2=O)c1C. The summed E-state index contributed by atoms with van der Waals surface area (Å²) in [5, 5.41) is 9.94. The molecule has 1 aromatic carbocycles. The Bertz CT molecular complexity index is 1190. The zero-order valence-electron chi connectivity index (χ0n) is 17.8. The molecule has 0 radical (unpaired) electrons. The number of phenols is 1. The van der Waals surface area contributed by atoms with E-state index in [1.54, 1.807) is 34.8 Å². The summed E-state index contributed by atoms with van der Waals surface area (Å²) in [4.78, 5) is 33.0. The Morgan fingerprint density at radius 2 is 1.20 bits per heavy atom. The maximum Gasteiger partial charge on any atom is 0.266 e. The lowest BCUT2D eigenvalue weighted by atomic mass is 9.92. The minimum atomic E-state index is -0.341. The van der Waals surface area contributed by atoms with Gasteiger partial charge < -0.3 is 5.11 Å². The van der Waals surface area contributed by atoms with Crippen molar-refractivity contribution in [3.63, 3.8) is 0 Å².